The van der Waals surface area contributed by atoms with Crippen molar-refractivity contribution in [3.8, 4) is 12.1 Å². The fourth-order valence-corrected chi connectivity index (χ4v) is 3.19. The molecule has 1 atom stereocenters. The summed E-state index contributed by atoms with van der Waals surface area (Å²) >= 11 is 0. The van der Waals surface area contributed by atoms with E-state index in [0.29, 0.717) is 5.92 Å². The average molecular weight is 267 g/mol. The molecule has 0 bridgehead atoms. The Labute approximate surface area is 121 Å². The fourth-order valence-electron chi connectivity index (χ4n) is 3.19. The van der Waals surface area contributed by atoms with Gasteiger partial charge in [-0.25, -0.2) is 0 Å². The van der Waals surface area contributed by atoms with Crippen LogP contribution >= 0.6 is 0 Å². The molecule has 20 heavy (non-hydrogen) atoms. The van der Waals surface area contributed by atoms with E-state index in [1.165, 1.54) is 17.7 Å². The molecule has 0 heterocycles. The van der Waals surface area contributed by atoms with E-state index in [4.69, 9.17) is 10.5 Å². The molecule has 3 heteroatoms. The number of rotatable bonds is 3. The lowest BCUT2D eigenvalue weighted by Gasteiger charge is -2.33. The number of hydrogen-bond acceptors (Lipinski definition) is 3. The minimum absolute atomic E-state index is 0.277. The van der Waals surface area contributed by atoms with Gasteiger partial charge >= 0.3 is 0 Å². The predicted molar refractivity (Wildman–Crippen MR) is 79.3 cm³/mol. The highest BCUT2D eigenvalue weighted by molar-refractivity contribution is 5.49. The number of fused-ring (bicyclic) bond motifs is 1. The largest absolute Gasteiger partial charge is 0.375 e. The second kappa shape index (κ2) is 6.44. The van der Waals surface area contributed by atoms with Crippen molar-refractivity contribution >= 4 is 0 Å². The Morgan fingerprint density at radius 2 is 1.80 bits per heavy atom. The van der Waals surface area contributed by atoms with Crippen LogP contribution < -0.4 is 0 Å². The third kappa shape index (κ3) is 2.78. The van der Waals surface area contributed by atoms with Gasteiger partial charge in [-0.05, 0) is 62.7 Å². The first-order valence-electron chi connectivity index (χ1n) is 7.43. The Kier molecular flexibility index (Phi) is 4.64. The monoisotopic (exact) mass is 267 g/mol. The Bertz CT molecular complexity index is 532. The highest BCUT2D eigenvalue weighted by Gasteiger charge is 2.25. The van der Waals surface area contributed by atoms with Crippen molar-refractivity contribution < 1.29 is 0 Å². The van der Waals surface area contributed by atoms with Crippen LogP contribution in [0.2, 0.25) is 0 Å². The topological polar surface area (TPSA) is 50.8 Å². The summed E-state index contributed by atoms with van der Waals surface area (Å²) in [6.45, 7) is 6.43. The molecule has 2 aliphatic rings. The Morgan fingerprint density at radius 1 is 1.15 bits per heavy atom. The summed E-state index contributed by atoms with van der Waals surface area (Å²) in [7, 11) is 0. The Hall–Kier alpha value is -2.00. The zero-order valence-corrected chi connectivity index (χ0v) is 12.3. The highest BCUT2D eigenvalue weighted by Crippen LogP contribution is 2.38. The van der Waals surface area contributed by atoms with Crippen LogP contribution in [-0.4, -0.2) is 18.0 Å². The first-order valence-corrected chi connectivity index (χ1v) is 7.43. The van der Waals surface area contributed by atoms with E-state index in [9.17, 15) is 0 Å². The van der Waals surface area contributed by atoms with Crippen molar-refractivity contribution in [2.75, 3.05) is 13.1 Å². The highest BCUT2D eigenvalue weighted by atomic mass is 15.1. The maximum atomic E-state index is 9.01. The summed E-state index contributed by atoms with van der Waals surface area (Å²) in [6, 6.07) is 4.03. The van der Waals surface area contributed by atoms with Crippen molar-refractivity contribution in [3.05, 3.63) is 34.6 Å². The van der Waals surface area contributed by atoms with E-state index >= 15 is 0 Å². The number of allylic oxidation sites excluding steroid dienone is 6. The van der Waals surface area contributed by atoms with Crippen LogP contribution in [-0.2, 0) is 0 Å². The summed E-state index contributed by atoms with van der Waals surface area (Å²) in [5, 5.41) is 18.0. The van der Waals surface area contributed by atoms with Crippen molar-refractivity contribution in [2.45, 2.75) is 39.5 Å². The first kappa shape index (κ1) is 14.4. The Morgan fingerprint density at radius 3 is 2.40 bits per heavy atom. The van der Waals surface area contributed by atoms with Crippen molar-refractivity contribution in [1.82, 2.24) is 4.90 Å². The van der Waals surface area contributed by atoms with Gasteiger partial charge in [-0.1, -0.05) is 6.08 Å². The van der Waals surface area contributed by atoms with Crippen molar-refractivity contribution in [3.63, 3.8) is 0 Å². The van der Waals surface area contributed by atoms with E-state index in [-0.39, 0.29) is 5.57 Å². The third-order valence-electron chi connectivity index (χ3n) is 4.37. The van der Waals surface area contributed by atoms with Crippen molar-refractivity contribution in [1.29, 1.82) is 10.5 Å². The van der Waals surface area contributed by atoms with Gasteiger partial charge in [-0.3, -0.25) is 0 Å². The smallest absolute Gasteiger partial charge is 0.132 e. The third-order valence-corrected chi connectivity index (χ3v) is 4.37. The van der Waals surface area contributed by atoms with Crippen LogP contribution in [0.1, 0.15) is 39.5 Å². The second-order valence-corrected chi connectivity index (χ2v) is 5.35. The molecular weight excluding hydrogens is 246 g/mol. The fraction of sp³-hybridized carbons (Fsp3) is 0.529. The molecule has 2 rings (SSSR count). The minimum atomic E-state index is 0.277. The Balaban J connectivity index is 2.35. The van der Waals surface area contributed by atoms with E-state index < -0.39 is 0 Å². The van der Waals surface area contributed by atoms with Gasteiger partial charge in [-0.2, -0.15) is 10.5 Å². The quantitative estimate of drug-likeness (QED) is 0.733. The summed E-state index contributed by atoms with van der Waals surface area (Å²) in [6.07, 6.45) is 8.63. The SMILES string of the molecule is CCN(CC)C1=CC2=CC(=C(C#N)C#N)CC[C@@H]2CC1. The average Bonchev–Trinajstić information content (AvgIpc) is 2.49. The van der Waals surface area contributed by atoms with E-state index in [0.717, 1.165) is 37.9 Å². The van der Waals surface area contributed by atoms with Gasteiger partial charge in [0.15, 0.2) is 0 Å². The zero-order valence-electron chi connectivity index (χ0n) is 12.3. The molecule has 3 nitrogen and oxygen atoms in total. The molecule has 0 N–H and O–H groups in total. The van der Waals surface area contributed by atoms with Crippen LogP contribution in [0.25, 0.3) is 0 Å². The number of nitrogens with zero attached hydrogens (tertiary/aromatic N) is 3. The van der Waals surface area contributed by atoms with E-state index in [1.54, 1.807) is 0 Å². The van der Waals surface area contributed by atoms with Gasteiger partial charge in [0.05, 0.1) is 0 Å². The summed E-state index contributed by atoms with van der Waals surface area (Å²) < 4.78 is 0. The zero-order chi connectivity index (χ0) is 14.5. The maximum absolute atomic E-state index is 9.01. The van der Waals surface area contributed by atoms with Gasteiger partial charge in [0, 0.05) is 18.8 Å². The van der Waals surface area contributed by atoms with Crippen LogP contribution in [0.15, 0.2) is 34.6 Å². The molecule has 0 saturated carbocycles. The standard InChI is InChI=1S/C17H21N3/c1-3-20(4-2)17-8-7-13-5-6-14(9-15(13)10-17)16(11-18)12-19/h9-10,13H,3-8H2,1-2H3/t13-/m1/s1. The lowest BCUT2D eigenvalue weighted by Crippen LogP contribution is -2.26. The minimum Gasteiger partial charge on any atom is -0.375 e. The lowest BCUT2D eigenvalue weighted by molar-refractivity contribution is 0.344. The van der Waals surface area contributed by atoms with Gasteiger partial charge < -0.3 is 4.90 Å². The summed E-state index contributed by atoms with van der Waals surface area (Å²) in [5.74, 6) is 0.608. The van der Waals surface area contributed by atoms with E-state index in [1.807, 2.05) is 12.1 Å². The summed E-state index contributed by atoms with van der Waals surface area (Å²) in [4.78, 5) is 2.39. The van der Waals surface area contributed by atoms with Gasteiger partial charge in [-0.15, -0.1) is 0 Å². The van der Waals surface area contributed by atoms with Crippen LogP contribution in [0, 0.1) is 28.6 Å². The van der Waals surface area contributed by atoms with Crippen LogP contribution in [0.3, 0.4) is 0 Å². The molecule has 0 spiro atoms. The molecule has 0 aromatic heterocycles. The number of hydrogen-bond donors (Lipinski definition) is 0. The molecule has 0 aromatic carbocycles. The molecule has 0 aromatic rings. The molecule has 0 saturated heterocycles. The molecule has 0 amide bonds. The molecule has 0 aliphatic heterocycles. The van der Waals surface area contributed by atoms with Gasteiger partial charge in [0.1, 0.15) is 17.7 Å². The molecule has 104 valence electrons. The number of nitriles is 2. The molecule has 0 fully saturated rings. The molecule has 0 unspecified atom stereocenters. The van der Waals surface area contributed by atoms with Gasteiger partial charge in [0.25, 0.3) is 0 Å². The second-order valence-electron chi connectivity index (χ2n) is 5.35. The van der Waals surface area contributed by atoms with Crippen LogP contribution in [0.4, 0.5) is 0 Å². The molecule has 0 radical (unpaired) electrons. The lowest BCUT2D eigenvalue weighted by atomic mass is 9.77. The maximum Gasteiger partial charge on any atom is 0.132 e. The molecule has 2 aliphatic carbocycles. The van der Waals surface area contributed by atoms with E-state index in [2.05, 4.69) is 30.9 Å². The van der Waals surface area contributed by atoms with Crippen LogP contribution in [0.5, 0.6) is 0 Å². The molecular formula is C17H21N3. The van der Waals surface area contributed by atoms with Gasteiger partial charge in [0.2, 0.25) is 0 Å². The predicted octanol–water partition coefficient (Wildman–Crippen LogP) is 3.69. The summed E-state index contributed by atoms with van der Waals surface area (Å²) in [5.41, 5.74) is 3.90. The normalized spacial score (nSPS) is 21.0. The van der Waals surface area contributed by atoms with Crippen molar-refractivity contribution in [2.24, 2.45) is 5.92 Å². The first-order chi connectivity index (χ1) is 9.73.